The molecule has 0 aromatic carbocycles. The van der Waals surface area contributed by atoms with Crippen molar-refractivity contribution in [3.05, 3.63) is 0 Å². The monoisotopic (exact) mass is 229 g/mol. The zero-order chi connectivity index (χ0) is 11.6. The molecule has 1 saturated carbocycles. The lowest BCUT2D eigenvalue weighted by Gasteiger charge is -2.27. The number of hydrogen-bond donors (Lipinski definition) is 1. The maximum atomic E-state index is 5.47. The van der Waals surface area contributed by atoms with Crippen molar-refractivity contribution in [1.29, 1.82) is 0 Å². The second kappa shape index (κ2) is 8.97. The van der Waals surface area contributed by atoms with Crippen molar-refractivity contribution < 1.29 is 9.47 Å². The summed E-state index contributed by atoms with van der Waals surface area (Å²) in [5, 5.41) is 3.58. The number of rotatable bonds is 8. The zero-order valence-corrected chi connectivity index (χ0v) is 10.8. The van der Waals surface area contributed by atoms with E-state index in [2.05, 4.69) is 12.2 Å². The molecule has 0 spiro atoms. The van der Waals surface area contributed by atoms with Crippen LogP contribution in [0.15, 0.2) is 0 Å². The predicted octanol–water partition coefficient (Wildman–Crippen LogP) is 2.21. The van der Waals surface area contributed by atoms with Gasteiger partial charge in [-0.1, -0.05) is 19.8 Å². The molecule has 0 aromatic heterocycles. The van der Waals surface area contributed by atoms with Crippen molar-refractivity contribution in [1.82, 2.24) is 5.32 Å². The van der Waals surface area contributed by atoms with Gasteiger partial charge in [0.25, 0.3) is 0 Å². The smallest absolute Gasteiger partial charge is 0.0701 e. The molecule has 0 radical (unpaired) electrons. The van der Waals surface area contributed by atoms with Crippen LogP contribution in [0.25, 0.3) is 0 Å². The van der Waals surface area contributed by atoms with Gasteiger partial charge in [-0.15, -0.1) is 0 Å². The van der Waals surface area contributed by atoms with E-state index in [1.165, 1.54) is 25.7 Å². The van der Waals surface area contributed by atoms with Gasteiger partial charge in [0.1, 0.15) is 0 Å². The molecule has 1 rings (SSSR count). The standard InChI is InChI=1S/C13H27NO2/c1-3-15-9-10-16-8-7-14-13-6-4-5-12(2)11-13/h12-14H,3-11H2,1-2H3. The van der Waals surface area contributed by atoms with Crippen LogP contribution in [0.4, 0.5) is 0 Å². The minimum Gasteiger partial charge on any atom is -0.379 e. The molecule has 1 N–H and O–H groups in total. The lowest BCUT2D eigenvalue weighted by molar-refractivity contribution is 0.0527. The van der Waals surface area contributed by atoms with Crippen LogP contribution in [0.3, 0.4) is 0 Å². The number of hydrogen-bond acceptors (Lipinski definition) is 3. The Morgan fingerprint density at radius 1 is 1.12 bits per heavy atom. The molecule has 3 heteroatoms. The highest BCUT2D eigenvalue weighted by atomic mass is 16.5. The van der Waals surface area contributed by atoms with E-state index < -0.39 is 0 Å². The van der Waals surface area contributed by atoms with Crippen LogP contribution in [0.1, 0.15) is 39.5 Å². The fraction of sp³-hybridized carbons (Fsp3) is 1.00. The third-order valence-corrected chi connectivity index (χ3v) is 3.19. The van der Waals surface area contributed by atoms with E-state index in [0.717, 1.165) is 44.9 Å². The highest BCUT2D eigenvalue weighted by Crippen LogP contribution is 2.23. The number of ether oxygens (including phenoxy) is 2. The molecule has 3 nitrogen and oxygen atoms in total. The summed E-state index contributed by atoms with van der Waals surface area (Å²) in [5.74, 6) is 0.894. The first-order chi connectivity index (χ1) is 7.83. The summed E-state index contributed by atoms with van der Waals surface area (Å²) in [4.78, 5) is 0. The summed E-state index contributed by atoms with van der Waals surface area (Å²) < 4.78 is 10.7. The van der Waals surface area contributed by atoms with Gasteiger partial charge in [0, 0.05) is 19.2 Å². The fourth-order valence-corrected chi connectivity index (χ4v) is 2.32. The van der Waals surface area contributed by atoms with E-state index >= 15 is 0 Å². The van der Waals surface area contributed by atoms with Crippen molar-refractivity contribution in [2.75, 3.05) is 33.0 Å². The summed E-state index contributed by atoms with van der Waals surface area (Å²) in [5.41, 5.74) is 0. The molecule has 1 aliphatic carbocycles. The van der Waals surface area contributed by atoms with Gasteiger partial charge in [0.05, 0.1) is 19.8 Å². The molecule has 0 aromatic rings. The largest absolute Gasteiger partial charge is 0.379 e. The van der Waals surface area contributed by atoms with Gasteiger partial charge < -0.3 is 14.8 Å². The van der Waals surface area contributed by atoms with Crippen molar-refractivity contribution in [2.24, 2.45) is 5.92 Å². The Kier molecular flexibility index (Phi) is 7.81. The second-order valence-electron chi connectivity index (χ2n) is 4.73. The van der Waals surface area contributed by atoms with Crippen LogP contribution in [0, 0.1) is 5.92 Å². The highest BCUT2D eigenvalue weighted by Gasteiger charge is 2.17. The Morgan fingerprint density at radius 2 is 1.94 bits per heavy atom. The Morgan fingerprint density at radius 3 is 2.69 bits per heavy atom. The maximum absolute atomic E-state index is 5.47. The zero-order valence-electron chi connectivity index (χ0n) is 10.8. The third-order valence-electron chi connectivity index (χ3n) is 3.19. The van der Waals surface area contributed by atoms with Gasteiger partial charge in [-0.2, -0.15) is 0 Å². The van der Waals surface area contributed by atoms with E-state index in [4.69, 9.17) is 9.47 Å². The summed E-state index contributed by atoms with van der Waals surface area (Å²) >= 11 is 0. The van der Waals surface area contributed by atoms with Crippen LogP contribution < -0.4 is 5.32 Å². The average Bonchev–Trinajstić information content (AvgIpc) is 2.28. The summed E-state index contributed by atoms with van der Waals surface area (Å²) in [6.45, 7) is 8.36. The van der Waals surface area contributed by atoms with Crippen LogP contribution >= 0.6 is 0 Å². The van der Waals surface area contributed by atoms with Crippen molar-refractivity contribution in [2.45, 2.75) is 45.6 Å². The normalized spacial score (nSPS) is 25.9. The Labute approximate surface area is 99.9 Å². The van der Waals surface area contributed by atoms with E-state index in [-0.39, 0.29) is 0 Å². The molecule has 0 amide bonds. The van der Waals surface area contributed by atoms with Crippen LogP contribution in [0.5, 0.6) is 0 Å². The second-order valence-corrected chi connectivity index (χ2v) is 4.73. The van der Waals surface area contributed by atoms with Crippen LogP contribution in [-0.2, 0) is 9.47 Å². The van der Waals surface area contributed by atoms with Crippen LogP contribution in [-0.4, -0.2) is 39.0 Å². The maximum Gasteiger partial charge on any atom is 0.0701 e. The molecule has 96 valence electrons. The average molecular weight is 229 g/mol. The number of nitrogens with one attached hydrogen (secondary N) is 1. The molecular weight excluding hydrogens is 202 g/mol. The molecule has 16 heavy (non-hydrogen) atoms. The first-order valence-corrected chi connectivity index (χ1v) is 6.71. The van der Waals surface area contributed by atoms with Crippen LogP contribution in [0.2, 0.25) is 0 Å². The first kappa shape index (κ1) is 13.9. The van der Waals surface area contributed by atoms with Gasteiger partial charge in [-0.3, -0.25) is 0 Å². The van der Waals surface area contributed by atoms with Crippen molar-refractivity contribution >= 4 is 0 Å². The topological polar surface area (TPSA) is 30.5 Å². The van der Waals surface area contributed by atoms with E-state index in [9.17, 15) is 0 Å². The molecule has 0 heterocycles. The summed E-state index contributed by atoms with van der Waals surface area (Å²) in [6.07, 6.45) is 5.45. The van der Waals surface area contributed by atoms with Crippen molar-refractivity contribution in [3.8, 4) is 0 Å². The quantitative estimate of drug-likeness (QED) is 0.647. The first-order valence-electron chi connectivity index (χ1n) is 6.71. The van der Waals surface area contributed by atoms with E-state index in [1.54, 1.807) is 0 Å². The lowest BCUT2D eigenvalue weighted by Crippen LogP contribution is -2.35. The third kappa shape index (κ3) is 6.46. The summed E-state index contributed by atoms with van der Waals surface area (Å²) in [6, 6.07) is 0.722. The fourth-order valence-electron chi connectivity index (χ4n) is 2.32. The van der Waals surface area contributed by atoms with Gasteiger partial charge in [0.2, 0.25) is 0 Å². The molecule has 1 aliphatic rings. The minimum absolute atomic E-state index is 0.719. The van der Waals surface area contributed by atoms with Gasteiger partial charge in [-0.05, 0) is 25.7 Å². The Bertz CT molecular complexity index is 164. The molecule has 1 fully saturated rings. The van der Waals surface area contributed by atoms with Gasteiger partial charge in [-0.25, -0.2) is 0 Å². The summed E-state index contributed by atoms with van der Waals surface area (Å²) in [7, 11) is 0. The molecule has 2 unspecified atom stereocenters. The highest BCUT2D eigenvalue weighted by molar-refractivity contribution is 4.75. The molecule has 0 bridgehead atoms. The molecular formula is C13H27NO2. The Balaban J connectivity index is 1.86. The lowest BCUT2D eigenvalue weighted by atomic mass is 9.87. The minimum atomic E-state index is 0.719. The van der Waals surface area contributed by atoms with E-state index in [0.29, 0.717) is 0 Å². The molecule has 0 aliphatic heterocycles. The van der Waals surface area contributed by atoms with Gasteiger partial charge in [0.15, 0.2) is 0 Å². The van der Waals surface area contributed by atoms with Crippen molar-refractivity contribution in [3.63, 3.8) is 0 Å². The predicted molar refractivity (Wildman–Crippen MR) is 66.7 cm³/mol. The molecule has 0 saturated heterocycles. The SMILES string of the molecule is CCOCCOCCNC1CCCC(C)C1. The Hall–Kier alpha value is -0.120. The van der Waals surface area contributed by atoms with E-state index in [1.807, 2.05) is 6.92 Å². The van der Waals surface area contributed by atoms with Gasteiger partial charge >= 0.3 is 0 Å². The molecule has 2 atom stereocenters.